The minimum atomic E-state index is -0.413. The molecule has 2 N–H and O–H groups in total. The largest absolute Gasteiger partial charge is 0.494 e. The van der Waals surface area contributed by atoms with Crippen LogP contribution in [0.25, 0.3) is 0 Å². The number of ketones is 1. The number of nitrogens with zero attached hydrogens (tertiary/aromatic N) is 3. The summed E-state index contributed by atoms with van der Waals surface area (Å²) in [5, 5.41) is 11.2. The molecule has 1 aromatic heterocycles. The van der Waals surface area contributed by atoms with Gasteiger partial charge in [-0.05, 0) is 30.5 Å². The number of pyridine rings is 1. The Morgan fingerprint density at radius 1 is 1.22 bits per heavy atom. The van der Waals surface area contributed by atoms with Gasteiger partial charge >= 0.3 is 0 Å². The van der Waals surface area contributed by atoms with Gasteiger partial charge in [0.2, 0.25) is 5.91 Å². The molecule has 1 aliphatic rings. The van der Waals surface area contributed by atoms with E-state index in [0.717, 1.165) is 5.56 Å². The van der Waals surface area contributed by atoms with Crippen molar-refractivity contribution < 1.29 is 23.9 Å². The number of hydrogen-bond acceptors (Lipinski definition) is 7. The molecule has 0 unspecified atom stereocenters. The molecule has 0 radical (unpaired) electrons. The summed E-state index contributed by atoms with van der Waals surface area (Å²) in [6.07, 6.45) is 0. The Balaban J connectivity index is 1.98. The van der Waals surface area contributed by atoms with Crippen molar-refractivity contribution in [2.75, 3.05) is 39.3 Å². The van der Waals surface area contributed by atoms with E-state index >= 15 is 0 Å². The molecule has 0 atom stereocenters. The van der Waals surface area contributed by atoms with Crippen LogP contribution in [0.5, 0.6) is 11.5 Å². The van der Waals surface area contributed by atoms with Crippen LogP contribution >= 0.6 is 0 Å². The Labute approximate surface area is 217 Å². The number of fused-ring (bicyclic) bond motifs is 1. The lowest BCUT2D eigenvalue weighted by Gasteiger charge is -2.28. The zero-order valence-electron chi connectivity index (χ0n) is 22.7. The lowest BCUT2D eigenvalue weighted by molar-refractivity contribution is -0.116. The fourth-order valence-corrected chi connectivity index (χ4v) is 4.20. The van der Waals surface area contributed by atoms with Gasteiger partial charge in [-0.1, -0.05) is 20.8 Å². The van der Waals surface area contributed by atoms with E-state index in [4.69, 9.17) is 14.9 Å². The Hall–Kier alpha value is -3.95. The second-order valence-corrected chi connectivity index (χ2v) is 9.89. The average Bonchev–Trinajstić information content (AvgIpc) is 3.15. The van der Waals surface area contributed by atoms with Crippen LogP contribution in [0.4, 0.5) is 5.69 Å². The first kappa shape index (κ1) is 27.6. The lowest BCUT2D eigenvalue weighted by Crippen LogP contribution is -2.31. The third-order valence-corrected chi connectivity index (χ3v) is 6.28. The van der Waals surface area contributed by atoms with Crippen molar-refractivity contribution in [3.63, 3.8) is 0 Å². The maximum Gasteiger partial charge on any atom is 0.273 e. The second kappa shape index (κ2) is 10.6. The Morgan fingerprint density at radius 3 is 2.43 bits per heavy atom. The molecular weight excluding hydrogens is 474 g/mol. The summed E-state index contributed by atoms with van der Waals surface area (Å²) in [5.41, 5.74) is 2.49. The van der Waals surface area contributed by atoms with Crippen LogP contribution in [0, 0.1) is 5.41 Å². The smallest absolute Gasteiger partial charge is 0.273 e. The molecule has 2 aromatic rings. The van der Waals surface area contributed by atoms with Crippen LogP contribution in [-0.2, 0) is 16.8 Å². The molecule has 198 valence electrons. The van der Waals surface area contributed by atoms with E-state index < -0.39 is 5.91 Å². The molecular formula is C27H35N5O5. The topological polar surface area (TPSA) is 125 Å². The third kappa shape index (κ3) is 5.42. The molecule has 0 spiro atoms. The quantitative estimate of drug-likeness (QED) is 0.524. The summed E-state index contributed by atoms with van der Waals surface area (Å²) in [7, 11) is 4.68. The minimum Gasteiger partial charge on any atom is -0.494 e. The standard InChI is InChI=1S/C27H35N5O5/c1-9-37-21-12-17-13-32(25(28)22(17)30-23(21)26(35)29-6)14-20(34)16-10-18(27(3,4)5)24(36-8)19(11-16)31(7)15(2)33/h10-12,28H,9,13-14H2,1-8H3,(H,29,35). The van der Waals surface area contributed by atoms with E-state index in [1.807, 2.05) is 27.7 Å². The van der Waals surface area contributed by atoms with Crippen molar-refractivity contribution in [3.05, 3.63) is 46.3 Å². The molecule has 0 saturated heterocycles. The van der Waals surface area contributed by atoms with Crippen LogP contribution in [-0.4, -0.2) is 67.7 Å². The van der Waals surface area contributed by atoms with Gasteiger partial charge in [0.1, 0.15) is 17.3 Å². The van der Waals surface area contributed by atoms with Gasteiger partial charge in [0.15, 0.2) is 17.2 Å². The van der Waals surface area contributed by atoms with E-state index in [9.17, 15) is 14.4 Å². The van der Waals surface area contributed by atoms with E-state index in [1.165, 1.54) is 18.9 Å². The summed E-state index contributed by atoms with van der Waals surface area (Å²) in [6, 6.07) is 5.15. The molecule has 0 saturated carbocycles. The van der Waals surface area contributed by atoms with Crippen molar-refractivity contribution in [3.8, 4) is 11.5 Å². The van der Waals surface area contributed by atoms with E-state index in [2.05, 4.69) is 10.3 Å². The van der Waals surface area contributed by atoms with Gasteiger partial charge in [-0.15, -0.1) is 0 Å². The molecule has 10 nitrogen and oxygen atoms in total. The fourth-order valence-electron chi connectivity index (χ4n) is 4.20. The maximum absolute atomic E-state index is 13.5. The van der Waals surface area contributed by atoms with Crippen LogP contribution in [0.15, 0.2) is 18.2 Å². The predicted octanol–water partition coefficient (Wildman–Crippen LogP) is 3.15. The predicted molar refractivity (Wildman–Crippen MR) is 141 cm³/mol. The molecule has 37 heavy (non-hydrogen) atoms. The second-order valence-electron chi connectivity index (χ2n) is 9.89. The highest BCUT2D eigenvalue weighted by molar-refractivity contribution is 6.06. The maximum atomic E-state index is 13.5. The number of hydrogen-bond donors (Lipinski definition) is 2. The summed E-state index contributed by atoms with van der Waals surface area (Å²) < 4.78 is 11.3. The highest BCUT2D eigenvalue weighted by atomic mass is 16.5. The highest BCUT2D eigenvalue weighted by Crippen LogP contribution is 2.40. The van der Waals surface area contributed by atoms with E-state index in [-0.39, 0.29) is 41.7 Å². The number of methoxy groups -OCH3 is 1. The Morgan fingerprint density at radius 2 is 1.89 bits per heavy atom. The summed E-state index contributed by atoms with van der Waals surface area (Å²) in [4.78, 5) is 45.5. The Kier molecular flexibility index (Phi) is 7.90. The number of rotatable bonds is 8. The van der Waals surface area contributed by atoms with Crippen molar-refractivity contribution in [1.82, 2.24) is 15.2 Å². The van der Waals surface area contributed by atoms with Crippen LogP contribution in [0.2, 0.25) is 0 Å². The molecule has 1 aliphatic heterocycles. The molecule has 2 amide bonds. The van der Waals surface area contributed by atoms with Crippen molar-refractivity contribution in [2.45, 2.75) is 46.6 Å². The van der Waals surface area contributed by atoms with Gasteiger partial charge in [-0.3, -0.25) is 19.8 Å². The molecule has 0 aliphatic carbocycles. The van der Waals surface area contributed by atoms with Gasteiger partial charge in [0.25, 0.3) is 5.91 Å². The first-order chi connectivity index (χ1) is 17.3. The van der Waals surface area contributed by atoms with Crippen LogP contribution in [0.3, 0.4) is 0 Å². The Bertz CT molecular complexity index is 1260. The lowest BCUT2D eigenvalue weighted by atomic mass is 9.84. The molecule has 0 bridgehead atoms. The molecule has 2 heterocycles. The van der Waals surface area contributed by atoms with Gasteiger partial charge < -0.3 is 24.6 Å². The summed E-state index contributed by atoms with van der Waals surface area (Å²) in [6.45, 7) is 9.85. The number of benzene rings is 1. The number of nitrogens with one attached hydrogen (secondary N) is 2. The number of carbonyl (C=O) groups is 3. The molecule has 0 fully saturated rings. The SMILES string of the molecule is CCOc1cc2c(nc1C(=O)NC)C(=N)N(CC(=O)c1cc(N(C)C(C)=O)c(OC)c(C(C)(C)C)c1)C2. The molecule has 10 heteroatoms. The third-order valence-electron chi connectivity index (χ3n) is 6.28. The monoisotopic (exact) mass is 509 g/mol. The van der Waals surface area contributed by atoms with E-state index in [1.54, 1.807) is 37.3 Å². The van der Waals surface area contributed by atoms with Gasteiger partial charge in [-0.25, -0.2) is 4.98 Å². The number of amidine groups is 1. The van der Waals surface area contributed by atoms with Crippen LogP contribution in [0.1, 0.15) is 72.3 Å². The average molecular weight is 510 g/mol. The van der Waals surface area contributed by atoms with E-state index in [0.29, 0.717) is 40.6 Å². The normalized spacial score (nSPS) is 12.8. The van der Waals surface area contributed by atoms with Crippen LogP contribution < -0.4 is 19.7 Å². The number of Topliss-reactive ketones (excluding diaryl/α,β-unsaturated/α-hetero) is 1. The van der Waals surface area contributed by atoms with Crippen molar-refractivity contribution >= 4 is 29.1 Å². The van der Waals surface area contributed by atoms with Gasteiger partial charge in [0.05, 0.1) is 25.9 Å². The first-order valence-corrected chi connectivity index (χ1v) is 12.1. The van der Waals surface area contributed by atoms with Crippen molar-refractivity contribution in [1.29, 1.82) is 5.41 Å². The molecule has 1 aromatic carbocycles. The minimum absolute atomic E-state index is 0.0576. The molecule has 3 rings (SSSR count). The summed E-state index contributed by atoms with van der Waals surface area (Å²) >= 11 is 0. The fraction of sp³-hybridized carbons (Fsp3) is 0.444. The van der Waals surface area contributed by atoms with Gasteiger partial charge in [-0.2, -0.15) is 0 Å². The number of aromatic nitrogens is 1. The number of ether oxygens (including phenoxy) is 2. The van der Waals surface area contributed by atoms with Crippen molar-refractivity contribution in [2.24, 2.45) is 0 Å². The first-order valence-electron chi connectivity index (χ1n) is 12.1. The number of amides is 2. The zero-order chi connectivity index (χ0) is 27.7. The zero-order valence-corrected chi connectivity index (χ0v) is 22.7. The van der Waals surface area contributed by atoms with Gasteiger partial charge in [0, 0.05) is 44.3 Å². The highest BCUT2D eigenvalue weighted by Gasteiger charge is 2.32. The number of carbonyl (C=O) groups excluding carboxylic acids is 3. The number of anilines is 1. The summed E-state index contributed by atoms with van der Waals surface area (Å²) in [5.74, 6) is 0.106.